The van der Waals surface area contributed by atoms with Gasteiger partial charge < -0.3 is 19.9 Å². The van der Waals surface area contributed by atoms with Crippen LogP contribution >= 0.6 is 0 Å². The summed E-state index contributed by atoms with van der Waals surface area (Å²) in [6.07, 6.45) is 0.641. The summed E-state index contributed by atoms with van der Waals surface area (Å²) in [6.45, 7) is 6.02. The maximum Gasteiger partial charge on any atom is 0.0948 e. The Morgan fingerprint density at radius 2 is 2.14 bits per heavy atom. The van der Waals surface area contributed by atoms with Gasteiger partial charge in [0, 0.05) is 12.6 Å². The third-order valence-electron chi connectivity index (χ3n) is 3.19. The van der Waals surface area contributed by atoms with Crippen LogP contribution in [0, 0.1) is 0 Å². The highest BCUT2D eigenvalue weighted by molar-refractivity contribution is 4.94. The molecule has 82 valence electrons. The third-order valence-corrected chi connectivity index (χ3v) is 3.19. The van der Waals surface area contributed by atoms with Crippen molar-refractivity contribution in [2.45, 2.75) is 44.1 Å². The second-order valence-electron chi connectivity index (χ2n) is 4.67. The second-order valence-corrected chi connectivity index (χ2v) is 4.67. The summed E-state index contributed by atoms with van der Waals surface area (Å²) < 4.78 is 10.8. The van der Waals surface area contributed by atoms with Gasteiger partial charge in [-0.05, 0) is 20.3 Å². The van der Waals surface area contributed by atoms with E-state index in [2.05, 4.69) is 19.2 Å². The molecule has 0 radical (unpaired) electrons. The first kappa shape index (κ1) is 10.4. The van der Waals surface area contributed by atoms with E-state index in [1.165, 1.54) is 0 Å². The fourth-order valence-electron chi connectivity index (χ4n) is 2.13. The Kier molecular flexibility index (Phi) is 2.79. The number of hydrogen-bond donors (Lipinski definition) is 2. The lowest BCUT2D eigenvalue weighted by molar-refractivity contribution is 0.0164. The van der Waals surface area contributed by atoms with Crippen LogP contribution in [0.5, 0.6) is 0 Å². The van der Waals surface area contributed by atoms with Gasteiger partial charge in [0.05, 0.1) is 31.0 Å². The maximum atomic E-state index is 9.59. The van der Waals surface area contributed by atoms with Crippen molar-refractivity contribution in [1.82, 2.24) is 5.32 Å². The molecule has 2 heterocycles. The summed E-state index contributed by atoms with van der Waals surface area (Å²) in [4.78, 5) is 0. The van der Waals surface area contributed by atoms with Gasteiger partial charge in [0.1, 0.15) is 0 Å². The monoisotopic (exact) mass is 201 g/mol. The number of ether oxygens (including phenoxy) is 2. The van der Waals surface area contributed by atoms with E-state index in [-0.39, 0.29) is 17.7 Å². The largest absolute Gasteiger partial charge is 0.389 e. The van der Waals surface area contributed by atoms with Gasteiger partial charge in [0.25, 0.3) is 0 Å². The zero-order valence-electron chi connectivity index (χ0n) is 8.82. The topological polar surface area (TPSA) is 50.7 Å². The van der Waals surface area contributed by atoms with Gasteiger partial charge >= 0.3 is 0 Å². The van der Waals surface area contributed by atoms with Gasteiger partial charge in [0.2, 0.25) is 0 Å². The van der Waals surface area contributed by atoms with E-state index in [0.717, 1.165) is 13.0 Å². The minimum absolute atomic E-state index is 0.0703. The van der Waals surface area contributed by atoms with Gasteiger partial charge in [-0.3, -0.25) is 0 Å². The smallest absolute Gasteiger partial charge is 0.0948 e. The van der Waals surface area contributed by atoms with Crippen molar-refractivity contribution in [3.63, 3.8) is 0 Å². The van der Waals surface area contributed by atoms with Crippen LogP contribution < -0.4 is 5.32 Å². The van der Waals surface area contributed by atoms with Crippen LogP contribution in [0.15, 0.2) is 0 Å². The quantitative estimate of drug-likeness (QED) is 0.655. The molecule has 0 bridgehead atoms. The van der Waals surface area contributed by atoms with Crippen LogP contribution in [0.1, 0.15) is 20.3 Å². The third kappa shape index (κ3) is 1.93. The summed E-state index contributed by atoms with van der Waals surface area (Å²) in [5, 5.41) is 13.0. The van der Waals surface area contributed by atoms with Crippen molar-refractivity contribution >= 4 is 0 Å². The lowest BCUT2D eigenvalue weighted by Crippen LogP contribution is -2.51. The average molecular weight is 201 g/mol. The highest BCUT2D eigenvalue weighted by atomic mass is 16.5. The Balaban J connectivity index is 1.90. The summed E-state index contributed by atoms with van der Waals surface area (Å²) >= 11 is 0. The summed E-state index contributed by atoms with van der Waals surface area (Å²) in [6, 6.07) is 0.393. The summed E-state index contributed by atoms with van der Waals surface area (Å²) in [5.41, 5.74) is -0.123. The lowest BCUT2D eigenvalue weighted by atomic mass is 9.97. The number of nitrogens with one attached hydrogen (secondary N) is 1. The van der Waals surface area contributed by atoms with E-state index in [1.54, 1.807) is 0 Å². The molecular formula is C10H19NO3. The molecule has 4 heteroatoms. The molecule has 4 nitrogen and oxygen atoms in total. The Hall–Kier alpha value is -0.160. The van der Waals surface area contributed by atoms with Crippen molar-refractivity contribution in [2.24, 2.45) is 0 Å². The average Bonchev–Trinajstić information content (AvgIpc) is 2.62. The molecule has 2 N–H and O–H groups in total. The molecule has 0 aromatic rings. The van der Waals surface area contributed by atoms with Gasteiger partial charge in [-0.15, -0.1) is 0 Å². The molecule has 2 aliphatic heterocycles. The molecule has 2 fully saturated rings. The van der Waals surface area contributed by atoms with Crippen molar-refractivity contribution in [1.29, 1.82) is 0 Å². The second kappa shape index (κ2) is 3.77. The van der Waals surface area contributed by atoms with Gasteiger partial charge in [-0.25, -0.2) is 0 Å². The molecular weight excluding hydrogens is 182 g/mol. The predicted octanol–water partition coefficient (Wildman–Crippen LogP) is -0.0968. The SMILES string of the molecule is CC1(C)OCCC1N[C@@H]1COC[C@H]1O. The number of rotatable bonds is 2. The van der Waals surface area contributed by atoms with Crippen LogP contribution in [0.25, 0.3) is 0 Å². The number of aliphatic hydroxyl groups excluding tert-OH is 1. The minimum atomic E-state index is -0.369. The Morgan fingerprint density at radius 1 is 1.36 bits per heavy atom. The number of hydrogen-bond acceptors (Lipinski definition) is 4. The standard InChI is InChI=1S/C10H19NO3/c1-10(2)9(3-4-14-10)11-7-5-13-6-8(7)12/h7-9,11-12H,3-6H2,1-2H3/t7-,8-,9?/m1/s1. The Morgan fingerprint density at radius 3 is 2.64 bits per heavy atom. The fraction of sp³-hybridized carbons (Fsp3) is 1.00. The van der Waals surface area contributed by atoms with Gasteiger partial charge in [0.15, 0.2) is 0 Å². The molecule has 0 spiro atoms. The van der Waals surface area contributed by atoms with E-state index < -0.39 is 0 Å². The van der Waals surface area contributed by atoms with Crippen LogP contribution in [-0.4, -0.2) is 48.7 Å². The molecule has 2 aliphatic rings. The number of aliphatic hydroxyl groups is 1. The molecule has 0 aromatic heterocycles. The first-order valence-electron chi connectivity index (χ1n) is 5.25. The van der Waals surface area contributed by atoms with Crippen LogP contribution in [0.4, 0.5) is 0 Å². The zero-order chi connectivity index (χ0) is 10.2. The fourth-order valence-corrected chi connectivity index (χ4v) is 2.13. The molecule has 0 saturated carbocycles. The molecule has 0 aromatic carbocycles. The van der Waals surface area contributed by atoms with E-state index in [1.807, 2.05) is 0 Å². The van der Waals surface area contributed by atoms with Crippen molar-refractivity contribution in [2.75, 3.05) is 19.8 Å². The van der Waals surface area contributed by atoms with E-state index in [4.69, 9.17) is 9.47 Å². The maximum absolute atomic E-state index is 9.59. The molecule has 1 unspecified atom stereocenters. The minimum Gasteiger partial charge on any atom is -0.389 e. The summed E-state index contributed by atoms with van der Waals surface area (Å²) in [5.74, 6) is 0. The molecule has 14 heavy (non-hydrogen) atoms. The normalized spacial score (nSPS) is 41.8. The predicted molar refractivity (Wildman–Crippen MR) is 52.2 cm³/mol. The molecule has 2 saturated heterocycles. The van der Waals surface area contributed by atoms with Crippen LogP contribution in [-0.2, 0) is 9.47 Å². The van der Waals surface area contributed by atoms with E-state index in [0.29, 0.717) is 19.3 Å². The first-order valence-corrected chi connectivity index (χ1v) is 5.25. The van der Waals surface area contributed by atoms with Gasteiger partial charge in [-0.2, -0.15) is 0 Å². The van der Waals surface area contributed by atoms with Crippen LogP contribution in [0.2, 0.25) is 0 Å². The van der Waals surface area contributed by atoms with Crippen molar-refractivity contribution in [3.8, 4) is 0 Å². The van der Waals surface area contributed by atoms with E-state index >= 15 is 0 Å². The van der Waals surface area contributed by atoms with E-state index in [9.17, 15) is 5.11 Å². The zero-order valence-corrected chi connectivity index (χ0v) is 8.82. The Bertz CT molecular complexity index is 208. The molecule has 3 atom stereocenters. The Labute approximate surface area is 84.6 Å². The van der Waals surface area contributed by atoms with Gasteiger partial charge in [-0.1, -0.05) is 0 Å². The lowest BCUT2D eigenvalue weighted by Gasteiger charge is -2.29. The molecule has 0 amide bonds. The highest BCUT2D eigenvalue weighted by Gasteiger charge is 2.39. The van der Waals surface area contributed by atoms with Crippen LogP contribution in [0.3, 0.4) is 0 Å². The van der Waals surface area contributed by atoms with Crippen molar-refractivity contribution in [3.05, 3.63) is 0 Å². The highest BCUT2D eigenvalue weighted by Crippen LogP contribution is 2.26. The summed E-state index contributed by atoms with van der Waals surface area (Å²) in [7, 11) is 0. The molecule has 2 rings (SSSR count). The van der Waals surface area contributed by atoms with Crippen molar-refractivity contribution < 1.29 is 14.6 Å². The molecule has 0 aliphatic carbocycles. The first-order chi connectivity index (χ1) is 6.59.